The first kappa shape index (κ1) is 7.09. The molecule has 1 aliphatic heterocycles. The van der Waals surface area contributed by atoms with E-state index in [9.17, 15) is 10.1 Å². The van der Waals surface area contributed by atoms with Crippen LogP contribution in [0.4, 0.5) is 0 Å². The Morgan fingerprint density at radius 3 is 2.17 bits per heavy atom. The van der Waals surface area contributed by atoms with Gasteiger partial charge in [-0.1, -0.05) is 24.3 Å². The Hall–Kier alpha value is -1.58. The molecule has 0 aliphatic carbocycles. The van der Waals surface area contributed by atoms with Gasteiger partial charge in [0.05, 0.1) is 0 Å². The Kier molecular flexibility index (Phi) is 1.46. The summed E-state index contributed by atoms with van der Waals surface area (Å²) in [5.41, 5.74) is 2.13. The first-order valence-corrected chi connectivity index (χ1v) is 3.73. The minimum atomic E-state index is -0.347. The van der Waals surface area contributed by atoms with Crippen molar-refractivity contribution in [3.8, 4) is 0 Å². The van der Waals surface area contributed by atoms with Gasteiger partial charge in [-0.25, -0.2) is 10.1 Å². The third-order valence-electron chi connectivity index (χ3n) is 2.06. The van der Waals surface area contributed by atoms with Crippen LogP contribution >= 0.6 is 0 Å². The maximum absolute atomic E-state index is 10.4. The molecule has 1 heterocycles. The fraction of sp³-hybridized carbons (Fsp3) is 0.250. The number of hydrazine groups is 1. The molecule has 0 unspecified atom stereocenters. The smallest absolute Gasteiger partial charge is 0.160 e. The Labute approximate surface area is 69.5 Å². The van der Waals surface area contributed by atoms with E-state index in [1.807, 2.05) is 24.3 Å². The van der Waals surface area contributed by atoms with Crippen LogP contribution in [0, 0.1) is 10.1 Å². The van der Waals surface area contributed by atoms with E-state index in [2.05, 4.69) is 0 Å². The fourth-order valence-corrected chi connectivity index (χ4v) is 1.43. The van der Waals surface area contributed by atoms with E-state index in [0.29, 0.717) is 13.1 Å². The molecule has 0 saturated carbocycles. The average Bonchev–Trinajstić information content (AvgIpc) is 2.46. The highest BCUT2D eigenvalue weighted by Crippen LogP contribution is 2.21. The molecule has 0 amide bonds. The van der Waals surface area contributed by atoms with E-state index in [1.165, 1.54) is 5.01 Å². The third-order valence-corrected chi connectivity index (χ3v) is 2.06. The van der Waals surface area contributed by atoms with Gasteiger partial charge < -0.3 is 0 Å². The van der Waals surface area contributed by atoms with Crippen molar-refractivity contribution in [2.45, 2.75) is 13.1 Å². The Balaban J connectivity index is 2.27. The predicted octanol–water partition coefficient (Wildman–Crippen LogP) is 1.19. The summed E-state index contributed by atoms with van der Waals surface area (Å²) < 4.78 is 0. The highest BCUT2D eigenvalue weighted by atomic mass is 16.7. The van der Waals surface area contributed by atoms with Gasteiger partial charge in [-0.2, -0.15) is 0 Å². The van der Waals surface area contributed by atoms with Gasteiger partial charge in [0.2, 0.25) is 0 Å². The quantitative estimate of drug-likeness (QED) is 0.462. The summed E-state index contributed by atoms with van der Waals surface area (Å²) in [5.74, 6) is 0. The van der Waals surface area contributed by atoms with Crippen LogP contribution in [0.3, 0.4) is 0 Å². The first-order chi connectivity index (χ1) is 5.77. The number of fused-ring (bicyclic) bond motifs is 1. The van der Waals surface area contributed by atoms with Crippen molar-refractivity contribution < 1.29 is 5.03 Å². The Morgan fingerprint density at radius 1 is 1.25 bits per heavy atom. The molecule has 0 spiro atoms. The van der Waals surface area contributed by atoms with Crippen molar-refractivity contribution in [2.75, 3.05) is 0 Å². The molecular weight excluding hydrogens is 156 g/mol. The standard InChI is InChI=1S/C8H8N2O2/c11-10(12)9-5-7-3-1-2-4-8(7)6-9/h1-4H,5-6H2. The number of rotatable bonds is 1. The van der Waals surface area contributed by atoms with Gasteiger partial charge in [-0.05, 0) is 11.1 Å². The molecule has 0 atom stereocenters. The minimum Gasteiger partial charge on any atom is -0.235 e. The normalized spacial score (nSPS) is 14.5. The topological polar surface area (TPSA) is 46.4 Å². The van der Waals surface area contributed by atoms with Crippen LogP contribution in [0.5, 0.6) is 0 Å². The van der Waals surface area contributed by atoms with Gasteiger partial charge in [0.25, 0.3) is 0 Å². The molecule has 0 fully saturated rings. The third kappa shape index (κ3) is 1.01. The zero-order chi connectivity index (χ0) is 8.55. The molecule has 4 nitrogen and oxygen atoms in total. The van der Waals surface area contributed by atoms with E-state index < -0.39 is 0 Å². The lowest BCUT2D eigenvalue weighted by molar-refractivity contribution is -0.661. The van der Waals surface area contributed by atoms with Crippen LogP contribution in [0.2, 0.25) is 0 Å². The van der Waals surface area contributed by atoms with Crippen molar-refractivity contribution in [1.29, 1.82) is 0 Å². The minimum absolute atomic E-state index is 0.347. The SMILES string of the molecule is O=[N+]([O-])N1Cc2ccccc2C1. The fourth-order valence-electron chi connectivity index (χ4n) is 1.43. The van der Waals surface area contributed by atoms with E-state index in [1.54, 1.807) is 0 Å². The van der Waals surface area contributed by atoms with E-state index in [0.717, 1.165) is 11.1 Å². The van der Waals surface area contributed by atoms with Crippen molar-refractivity contribution in [1.82, 2.24) is 5.01 Å². The largest absolute Gasteiger partial charge is 0.235 e. The average molecular weight is 164 g/mol. The summed E-state index contributed by atoms with van der Waals surface area (Å²) in [5, 5.41) is 11.3. The molecule has 62 valence electrons. The lowest BCUT2D eigenvalue weighted by atomic mass is 10.1. The summed E-state index contributed by atoms with van der Waals surface area (Å²) >= 11 is 0. The van der Waals surface area contributed by atoms with Crippen LogP contribution in [-0.4, -0.2) is 10.0 Å². The molecule has 12 heavy (non-hydrogen) atoms. The van der Waals surface area contributed by atoms with Crippen molar-refractivity contribution in [3.05, 3.63) is 45.5 Å². The Bertz CT molecular complexity index is 300. The van der Waals surface area contributed by atoms with Crippen molar-refractivity contribution in [2.24, 2.45) is 0 Å². The van der Waals surface area contributed by atoms with Gasteiger partial charge >= 0.3 is 0 Å². The summed E-state index contributed by atoms with van der Waals surface area (Å²) in [7, 11) is 0. The number of benzene rings is 1. The second kappa shape index (κ2) is 2.48. The number of nitro groups is 1. The summed E-state index contributed by atoms with van der Waals surface area (Å²) in [6, 6.07) is 7.67. The second-order valence-corrected chi connectivity index (χ2v) is 2.83. The van der Waals surface area contributed by atoms with Crippen LogP contribution in [-0.2, 0) is 13.1 Å². The van der Waals surface area contributed by atoms with Crippen LogP contribution in [0.15, 0.2) is 24.3 Å². The van der Waals surface area contributed by atoms with E-state index >= 15 is 0 Å². The molecular formula is C8H8N2O2. The first-order valence-electron chi connectivity index (χ1n) is 3.73. The van der Waals surface area contributed by atoms with Gasteiger partial charge in [-0.15, -0.1) is 5.01 Å². The van der Waals surface area contributed by atoms with Gasteiger partial charge in [0, 0.05) is 0 Å². The van der Waals surface area contributed by atoms with Gasteiger partial charge in [-0.3, -0.25) is 0 Å². The zero-order valence-corrected chi connectivity index (χ0v) is 6.43. The van der Waals surface area contributed by atoms with Gasteiger partial charge in [0.15, 0.2) is 5.03 Å². The molecule has 2 rings (SSSR count). The Morgan fingerprint density at radius 2 is 1.75 bits per heavy atom. The molecule has 0 saturated heterocycles. The summed E-state index contributed by atoms with van der Waals surface area (Å²) in [4.78, 5) is 10.4. The molecule has 1 aromatic rings. The van der Waals surface area contributed by atoms with Gasteiger partial charge in [0.1, 0.15) is 13.1 Å². The summed E-state index contributed by atoms with van der Waals surface area (Å²) in [6.45, 7) is 0.867. The summed E-state index contributed by atoms with van der Waals surface area (Å²) in [6.07, 6.45) is 0. The molecule has 1 aliphatic rings. The molecule has 1 aromatic carbocycles. The van der Waals surface area contributed by atoms with Crippen LogP contribution < -0.4 is 0 Å². The zero-order valence-electron chi connectivity index (χ0n) is 6.43. The lowest BCUT2D eigenvalue weighted by Gasteiger charge is -2.02. The van der Waals surface area contributed by atoms with Crippen LogP contribution in [0.1, 0.15) is 11.1 Å². The van der Waals surface area contributed by atoms with E-state index in [4.69, 9.17) is 0 Å². The highest BCUT2D eigenvalue weighted by molar-refractivity contribution is 5.29. The molecule has 0 radical (unpaired) electrons. The molecule has 0 N–H and O–H groups in total. The monoisotopic (exact) mass is 164 g/mol. The lowest BCUT2D eigenvalue weighted by Crippen LogP contribution is -2.23. The number of nitrogens with zero attached hydrogens (tertiary/aromatic N) is 2. The maximum atomic E-state index is 10.4. The highest BCUT2D eigenvalue weighted by Gasteiger charge is 2.24. The predicted molar refractivity (Wildman–Crippen MR) is 42.7 cm³/mol. The molecule has 4 heteroatoms. The maximum Gasteiger partial charge on any atom is 0.160 e. The van der Waals surface area contributed by atoms with Crippen molar-refractivity contribution >= 4 is 0 Å². The van der Waals surface area contributed by atoms with Crippen LogP contribution in [0.25, 0.3) is 0 Å². The van der Waals surface area contributed by atoms with Crippen molar-refractivity contribution in [3.63, 3.8) is 0 Å². The molecule has 0 bridgehead atoms. The van der Waals surface area contributed by atoms with E-state index in [-0.39, 0.29) is 5.03 Å². The second-order valence-electron chi connectivity index (χ2n) is 2.83. The number of hydrogen-bond acceptors (Lipinski definition) is 2. The number of hydrogen-bond donors (Lipinski definition) is 0. The molecule has 0 aromatic heterocycles.